The molecule has 1 rings (SSSR count). The zero-order valence-electron chi connectivity index (χ0n) is 10.9. The molecular formula is C14H21F2NO. The second-order valence-electron chi connectivity index (χ2n) is 4.57. The molecule has 0 aromatic heterocycles. The first-order valence-electron chi connectivity index (χ1n) is 6.29. The van der Waals surface area contributed by atoms with E-state index in [-0.39, 0.29) is 12.2 Å². The van der Waals surface area contributed by atoms with Crippen LogP contribution in [0.2, 0.25) is 0 Å². The summed E-state index contributed by atoms with van der Waals surface area (Å²) < 4.78 is 27.9. The molecule has 2 nitrogen and oxygen atoms in total. The topological polar surface area (TPSA) is 32.3 Å². The van der Waals surface area contributed by atoms with Gasteiger partial charge in [0, 0.05) is 11.1 Å². The third-order valence-corrected chi connectivity index (χ3v) is 3.54. The van der Waals surface area contributed by atoms with Crippen molar-refractivity contribution in [3.8, 4) is 0 Å². The van der Waals surface area contributed by atoms with Crippen LogP contribution in [0.25, 0.3) is 0 Å². The number of hydrogen-bond acceptors (Lipinski definition) is 2. The van der Waals surface area contributed by atoms with E-state index in [1.165, 1.54) is 12.1 Å². The maximum Gasteiger partial charge on any atom is 0.285 e. The second kappa shape index (κ2) is 6.25. The standard InChI is InChI=1S/C14H21F2NO/c1-3-13(4-2,11-18)17-10-14(15,16)12-8-6-5-7-9-12/h5-9,17-18H,3-4,10-11H2,1-2H3. The van der Waals surface area contributed by atoms with E-state index < -0.39 is 18.0 Å². The van der Waals surface area contributed by atoms with Crippen molar-refractivity contribution in [3.05, 3.63) is 35.9 Å². The van der Waals surface area contributed by atoms with Crippen molar-refractivity contribution in [3.63, 3.8) is 0 Å². The number of hydrogen-bond donors (Lipinski definition) is 2. The lowest BCUT2D eigenvalue weighted by atomic mass is 9.93. The average Bonchev–Trinajstić information content (AvgIpc) is 2.42. The molecule has 102 valence electrons. The Bertz CT molecular complexity index is 342. The van der Waals surface area contributed by atoms with Crippen LogP contribution in [0.5, 0.6) is 0 Å². The van der Waals surface area contributed by atoms with Gasteiger partial charge in [0.2, 0.25) is 0 Å². The summed E-state index contributed by atoms with van der Waals surface area (Å²) in [5, 5.41) is 12.2. The molecule has 0 aliphatic carbocycles. The normalized spacial score (nSPS) is 12.7. The largest absolute Gasteiger partial charge is 0.394 e. The van der Waals surface area contributed by atoms with Crippen LogP contribution in [0.15, 0.2) is 30.3 Å². The van der Waals surface area contributed by atoms with Gasteiger partial charge in [-0.1, -0.05) is 44.2 Å². The highest BCUT2D eigenvalue weighted by Gasteiger charge is 2.35. The van der Waals surface area contributed by atoms with Crippen molar-refractivity contribution in [2.75, 3.05) is 13.2 Å². The summed E-state index contributed by atoms with van der Waals surface area (Å²) in [5.74, 6) is -2.92. The Balaban J connectivity index is 2.72. The van der Waals surface area contributed by atoms with E-state index in [1.807, 2.05) is 13.8 Å². The van der Waals surface area contributed by atoms with Gasteiger partial charge in [0.1, 0.15) is 0 Å². The summed E-state index contributed by atoms with van der Waals surface area (Å²) in [7, 11) is 0. The number of alkyl halides is 2. The fraction of sp³-hybridized carbons (Fsp3) is 0.571. The van der Waals surface area contributed by atoms with Gasteiger partial charge in [0.05, 0.1) is 13.2 Å². The Morgan fingerprint density at radius 3 is 2.11 bits per heavy atom. The zero-order chi connectivity index (χ0) is 13.6. The van der Waals surface area contributed by atoms with Gasteiger partial charge < -0.3 is 10.4 Å². The van der Waals surface area contributed by atoms with Crippen LogP contribution in [0.3, 0.4) is 0 Å². The SMILES string of the molecule is CCC(CC)(CO)NCC(F)(F)c1ccccc1. The highest BCUT2D eigenvalue weighted by molar-refractivity contribution is 5.20. The maximum absolute atomic E-state index is 14.0. The Hall–Kier alpha value is -1.00. The Morgan fingerprint density at radius 2 is 1.67 bits per heavy atom. The molecule has 0 saturated heterocycles. The summed E-state index contributed by atoms with van der Waals surface area (Å²) in [5.41, 5.74) is -0.616. The van der Waals surface area contributed by atoms with Gasteiger partial charge in [-0.15, -0.1) is 0 Å². The van der Waals surface area contributed by atoms with Gasteiger partial charge in [0.15, 0.2) is 0 Å². The molecule has 0 fully saturated rings. The summed E-state index contributed by atoms with van der Waals surface area (Å²) in [6.45, 7) is 3.17. The molecule has 0 heterocycles. The molecule has 0 amide bonds. The molecule has 0 radical (unpaired) electrons. The van der Waals surface area contributed by atoms with Gasteiger partial charge >= 0.3 is 0 Å². The maximum atomic E-state index is 14.0. The first-order valence-corrected chi connectivity index (χ1v) is 6.29. The minimum Gasteiger partial charge on any atom is -0.394 e. The minimum absolute atomic E-state index is 0.00320. The molecular weight excluding hydrogens is 236 g/mol. The third-order valence-electron chi connectivity index (χ3n) is 3.54. The predicted octanol–water partition coefficient (Wildman–Crippen LogP) is 2.92. The Kier molecular flexibility index (Phi) is 5.23. The van der Waals surface area contributed by atoms with Crippen LogP contribution < -0.4 is 5.32 Å². The van der Waals surface area contributed by atoms with Gasteiger partial charge in [-0.2, -0.15) is 8.78 Å². The van der Waals surface area contributed by atoms with Crippen molar-refractivity contribution in [1.29, 1.82) is 0 Å². The fourth-order valence-corrected chi connectivity index (χ4v) is 1.86. The monoisotopic (exact) mass is 257 g/mol. The zero-order valence-corrected chi connectivity index (χ0v) is 10.9. The fourth-order valence-electron chi connectivity index (χ4n) is 1.86. The van der Waals surface area contributed by atoms with Crippen molar-refractivity contribution in [2.45, 2.75) is 38.2 Å². The van der Waals surface area contributed by atoms with Crippen molar-refractivity contribution in [1.82, 2.24) is 5.32 Å². The smallest absolute Gasteiger partial charge is 0.285 e. The summed E-state index contributed by atoms with van der Waals surface area (Å²) in [4.78, 5) is 0. The average molecular weight is 257 g/mol. The molecule has 0 atom stereocenters. The summed E-state index contributed by atoms with van der Waals surface area (Å²) >= 11 is 0. The third kappa shape index (κ3) is 3.50. The lowest BCUT2D eigenvalue weighted by molar-refractivity contribution is -0.0161. The van der Waals surface area contributed by atoms with Crippen molar-refractivity contribution < 1.29 is 13.9 Å². The highest BCUT2D eigenvalue weighted by atomic mass is 19.3. The first kappa shape index (κ1) is 15.1. The van der Waals surface area contributed by atoms with Crippen molar-refractivity contribution >= 4 is 0 Å². The molecule has 1 aromatic carbocycles. The quantitative estimate of drug-likeness (QED) is 0.787. The van der Waals surface area contributed by atoms with Crippen LogP contribution in [-0.4, -0.2) is 23.8 Å². The summed E-state index contributed by atoms with van der Waals surface area (Å²) in [6.07, 6.45) is 1.23. The van der Waals surface area contributed by atoms with Crippen LogP contribution in [0, 0.1) is 0 Å². The van der Waals surface area contributed by atoms with Crippen LogP contribution in [-0.2, 0) is 5.92 Å². The molecule has 2 N–H and O–H groups in total. The van der Waals surface area contributed by atoms with E-state index in [1.54, 1.807) is 18.2 Å². The number of aliphatic hydroxyl groups is 1. The predicted molar refractivity (Wildman–Crippen MR) is 68.7 cm³/mol. The second-order valence-corrected chi connectivity index (χ2v) is 4.57. The van der Waals surface area contributed by atoms with E-state index in [2.05, 4.69) is 5.32 Å². The minimum atomic E-state index is -2.92. The number of rotatable bonds is 7. The van der Waals surface area contributed by atoms with Crippen LogP contribution in [0.1, 0.15) is 32.3 Å². The molecule has 0 unspecified atom stereocenters. The van der Waals surface area contributed by atoms with E-state index in [0.717, 1.165) is 0 Å². The van der Waals surface area contributed by atoms with E-state index >= 15 is 0 Å². The molecule has 18 heavy (non-hydrogen) atoms. The molecule has 0 aliphatic heterocycles. The van der Waals surface area contributed by atoms with Crippen LogP contribution in [0.4, 0.5) is 8.78 Å². The van der Waals surface area contributed by atoms with E-state index in [0.29, 0.717) is 12.8 Å². The van der Waals surface area contributed by atoms with E-state index in [4.69, 9.17) is 0 Å². The van der Waals surface area contributed by atoms with Gasteiger partial charge in [-0.3, -0.25) is 0 Å². The molecule has 0 bridgehead atoms. The van der Waals surface area contributed by atoms with Crippen molar-refractivity contribution in [2.24, 2.45) is 0 Å². The van der Waals surface area contributed by atoms with Gasteiger partial charge in [-0.25, -0.2) is 0 Å². The summed E-state index contributed by atoms with van der Waals surface area (Å²) in [6, 6.07) is 7.74. The van der Waals surface area contributed by atoms with E-state index in [9.17, 15) is 13.9 Å². The van der Waals surface area contributed by atoms with Gasteiger partial charge in [-0.05, 0) is 12.8 Å². The lowest BCUT2D eigenvalue weighted by Gasteiger charge is -2.32. The lowest BCUT2D eigenvalue weighted by Crippen LogP contribution is -2.51. The first-order chi connectivity index (χ1) is 8.49. The van der Waals surface area contributed by atoms with Gasteiger partial charge in [0.25, 0.3) is 5.92 Å². The molecule has 0 spiro atoms. The molecule has 4 heteroatoms. The number of benzene rings is 1. The molecule has 0 saturated carbocycles. The Labute approximate surface area is 107 Å². The van der Waals surface area contributed by atoms with Crippen LogP contribution >= 0.6 is 0 Å². The number of aliphatic hydroxyl groups excluding tert-OH is 1. The number of nitrogens with one attached hydrogen (secondary N) is 1. The molecule has 1 aromatic rings. The Morgan fingerprint density at radius 1 is 1.11 bits per heavy atom. The molecule has 0 aliphatic rings. The highest BCUT2D eigenvalue weighted by Crippen LogP contribution is 2.28. The number of halogens is 2.